The van der Waals surface area contributed by atoms with Crippen LogP contribution in [0.5, 0.6) is 0 Å². The van der Waals surface area contributed by atoms with Crippen molar-refractivity contribution in [2.75, 3.05) is 29.5 Å². The molecule has 2 heterocycles. The Labute approximate surface area is 121 Å². The SMILES string of the molecule is NCCNc1ccc(Nc2nc(N)c3cc[nH]c3n2)cc1. The zero-order valence-electron chi connectivity index (χ0n) is 11.4. The minimum absolute atomic E-state index is 0.449. The number of aromatic amines is 1. The summed E-state index contributed by atoms with van der Waals surface area (Å²) in [6, 6.07) is 9.67. The zero-order valence-corrected chi connectivity index (χ0v) is 11.4. The third-order valence-electron chi connectivity index (χ3n) is 3.06. The molecule has 0 spiro atoms. The van der Waals surface area contributed by atoms with Gasteiger partial charge in [0.15, 0.2) is 0 Å². The van der Waals surface area contributed by atoms with Crippen molar-refractivity contribution in [3.05, 3.63) is 36.5 Å². The molecule has 7 heteroatoms. The number of nitrogens with zero attached hydrogens (tertiary/aromatic N) is 2. The maximum Gasteiger partial charge on any atom is 0.231 e. The van der Waals surface area contributed by atoms with Crippen molar-refractivity contribution >= 4 is 34.2 Å². The molecule has 7 N–H and O–H groups in total. The molecular formula is C14H17N7. The van der Waals surface area contributed by atoms with Crippen LogP contribution in [0.4, 0.5) is 23.1 Å². The Kier molecular flexibility index (Phi) is 3.57. The fourth-order valence-corrected chi connectivity index (χ4v) is 2.04. The third-order valence-corrected chi connectivity index (χ3v) is 3.06. The number of nitrogens with two attached hydrogens (primary N) is 2. The van der Waals surface area contributed by atoms with Crippen LogP contribution in [0.2, 0.25) is 0 Å². The van der Waals surface area contributed by atoms with Gasteiger partial charge in [0.25, 0.3) is 0 Å². The van der Waals surface area contributed by atoms with Gasteiger partial charge < -0.3 is 27.1 Å². The Morgan fingerprint density at radius 3 is 2.57 bits per heavy atom. The predicted octanol–water partition coefficient (Wildman–Crippen LogP) is 1.65. The number of nitrogen functional groups attached to an aromatic ring is 1. The van der Waals surface area contributed by atoms with Crippen LogP contribution in [-0.4, -0.2) is 28.0 Å². The van der Waals surface area contributed by atoms with E-state index in [-0.39, 0.29) is 0 Å². The Balaban J connectivity index is 1.78. The Morgan fingerprint density at radius 2 is 1.81 bits per heavy atom. The summed E-state index contributed by atoms with van der Waals surface area (Å²) in [4.78, 5) is 11.6. The van der Waals surface area contributed by atoms with E-state index >= 15 is 0 Å². The first-order valence-electron chi connectivity index (χ1n) is 6.68. The average molecular weight is 283 g/mol. The molecule has 1 aromatic carbocycles. The summed E-state index contributed by atoms with van der Waals surface area (Å²) in [6.45, 7) is 1.35. The number of fused-ring (bicyclic) bond motifs is 1. The van der Waals surface area contributed by atoms with Gasteiger partial charge in [0.05, 0.1) is 5.39 Å². The fourth-order valence-electron chi connectivity index (χ4n) is 2.04. The smallest absolute Gasteiger partial charge is 0.231 e. The van der Waals surface area contributed by atoms with Gasteiger partial charge in [-0.25, -0.2) is 0 Å². The Bertz CT molecular complexity index is 733. The van der Waals surface area contributed by atoms with Crippen LogP contribution in [0.25, 0.3) is 11.0 Å². The summed E-state index contributed by atoms with van der Waals surface area (Å²) in [5.74, 6) is 0.912. The van der Waals surface area contributed by atoms with Gasteiger partial charge in [-0.05, 0) is 30.3 Å². The molecule has 7 nitrogen and oxygen atoms in total. The van der Waals surface area contributed by atoms with Crippen LogP contribution in [0, 0.1) is 0 Å². The van der Waals surface area contributed by atoms with E-state index in [0.717, 1.165) is 23.3 Å². The summed E-state index contributed by atoms with van der Waals surface area (Å²) in [5.41, 5.74) is 14.0. The largest absolute Gasteiger partial charge is 0.384 e. The van der Waals surface area contributed by atoms with E-state index in [4.69, 9.17) is 11.5 Å². The normalized spacial score (nSPS) is 10.7. The molecule has 0 fully saturated rings. The van der Waals surface area contributed by atoms with Crippen molar-refractivity contribution in [3.63, 3.8) is 0 Å². The number of rotatable bonds is 5. The number of H-pyrrole nitrogens is 1. The maximum atomic E-state index is 5.90. The minimum atomic E-state index is 0.449. The molecule has 108 valence electrons. The van der Waals surface area contributed by atoms with Gasteiger partial charge in [0.1, 0.15) is 11.5 Å². The molecule has 0 saturated heterocycles. The monoisotopic (exact) mass is 283 g/mol. The number of nitrogens with one attached hydrogen (secondary N) is 3. The third kappa shape index (κ3) is 2.87. The average Bonchev–Trinajstić information content (AvgIpc) is 2.95. The second-order valence-corrected chi connectivity index (χ2v) is 4.59. The molecule has 0 aliphatic carbocycles. The second-order valence-electron chi connectivity index (χ2n) is 4.59. The summed E-state index contributed by atoms with van der Waals surface area (Å²) in [5, 5.41) is 7.16. The van der Waals surface area contributed by atoms with E-state index in [1.807, 2.05) is 30.3 Å². The topological polar surface area (TPSA) is 118 Å². The Morgan fingerprint density at radius 1 is 1.05 bits per heavy atom. The van der Waals surface area contributed by atoms with Gasteiger partial charge in [-0.15, -0.1) is 0 Å². The summed E-state index contributed by atoms with van der Waals surface area (Å²) in [6.07, 6.45) is 1.79. The van der Waals surface area contributed by atoms with Crippen molar-refractivity contribution in [1.82, 2.24) is 15.0 Å². The molecule has 21 heavy (non-hydrogen) atoms. The van der Waals surface area contributed by atoms with E-state index in [9.17, 15) is 0 Å². The number of aromatic nitrogens is 3. The number of benzene rings is 1. The van der Waals surface area contributed by atoms with Crippen LogP contribution in [0.15, 0.2) is 36.5 Å². The second kappa shape index (κ2) is 5.68. The predicted molar refractivity (Wildman–Crippen MR) is 85.6 cm³/mol. The van der Waals surface area contributed by atoms with Crippen molar-refractivity contribution in [2.24, 2.45) is 5.73 Å². The van der Waals surface area contributed by atoms with Crippen molar-refractivity contribution in [3.8, 4) is 0 Å². The quantitative estimate of drug-likeness (QED) is 0.486. The van der Waals surface area contributed by atoms with E-state index in [2.05, 4.69) is 25.6 Å². The highest BCUT2D eigenvalue weighted by Gasteiger charge is 2.06. The van der Waals surface area contributed by atoms with Gasteiger partial charge in [0.2, 0.25) is 5.95 Å². The zero-order chi connectivity index (χ0) is 14.7. The standard InChI is InChI=1S/C14H17N7/c15-6-8-17-9-1-3-10(4-2-9)19-14-20-12(16)11-5-7-18-13(11)21-14/h1-5,7,17H,6,8,15H2,(H4,16,18,19,20,21). The van der Waals surface area contributed by atoms with E-state index in [1.165, 1.54) is 0 Å². The van der Waals surface area contributed by atoms with Gasteiger partial charge in [-0.1, -0.05) is 0 Å². The summed E-state index contributed by atoms with van der Waals surface area (Å²) >= 11 is 0. The van der Waals surface area contributed by atoms with Crippen LogP contribution in [-0.2, 0) is 0 Å². The molecule has 0 atom stereocenters. The maximum absolute atomic E-state index is 5.90. The first-order chi connectivity index (χ1) is 10.3. The van der Waals surface area contributed by atoms with Crippen LogP contribution < -0.4 is 22.1 Å². The lowest BCUT2D eigenvalue weighted by Gasteiger charge is -2.08. The van der Waals surface area contributed by atoms with Crippen LogP contribution in [0.1, 0.15) is 0 Å². The summed E-state index contributed by atoms with van der Waals surface area (Å²) < 4.78 is 0. The van der Waals surface area contributed by atoms with E-state index < -0.39 is 0 Å². The van der Waals surface area contributed by atoms with Crippen molar-refractivity contribution < 1.29 is 0 Å². The molecule has 0 radical (unpaired) electrons. The molecular weight excluding hydrogens is 266 g/mol. The molecule has 0 bridgehead atoms. The lowest BCUT2D eigenvalue weighted by atomic mass is 10.3. The molecule has 0 unspecified atom stereocenters. The van der Waals surface area contributed by atoms with Crippen molar-refractivity contribution in [2.45, 2.75) is 0 Å². The van der Waals surface area contributed by atoms with Crippen LogP contribution >= 0.6 is 0 Å². The fraction of sp³-hybridized carbons (Fsp3) is 0.143. The molecule has 0 saturated carbocycles. The summed E-state index contributed by atoms with van der Waals surface area (Å²) in [7, 11) is 0. The highest BCUT2D eigenvalue weighted by Crippen LogP contribution is 2.21. The Hall–Kier alpha value is -2.80. The first kappa shape index (κ1) is 13.2. The molecule has 0 amide bonds. The molecule has 2 aromatic heterocycles. The van der Waals surface area contributed by atoms with Crippen molar-refractivity contribution in [1.29, 1.82) is 0 Å². The molecule has 3 aromatic rings. The number of anilines is 4. The number of hydrogen-bond acceptors (Lipinski definition) is 6. The highest BCUT2D eigenvalue weighted by molar-refractivity contribution is 5.87. The minimum Gasteiger partial charge on any atom is -0.384 e. The molecule has 0 aliphatic heterocycles. The van der Waals surface area contributed by atoms with E-state index in [1.54, 1.807) is 6.20 Å². The first-order valence-corrected chi connectivity index (χ1v) is 6.68. The highest BCUT2D eigenvalue weighted by atomic mass is 15.1. The van der Waals surface area contributed by atoms with Crippen LogP contribution in [0.3, 0.4) is 0 Å². The van der Waals surface area contributed by atoms with E-state index in [0.29, 0.717) is 24.0 Å². The number of hydrogen-bond donors (Lipinski definition) is 5. The van der Waals surface area contributed by atoms with Gasteiger partial charge >= 0.3 is 0 Å². The van der Waals surface area contributed by atoms with Gasteiger partial charge in [-0.2, -0.15) is 9.97 Å². The van der Waals surface area contributed by atoms with Gasteiger partial charge in [-0.3, -0.25) is 0 Å². The molecule has 0 aliphatic rings. The van der Waals surface area contributed by atoms with Gasteiger partial charge in [0, 0.05) is 30.7 Å². The lowest BCUT2D eigenvalue weighted by molar-refractivity contribution is 1.02. The molecule has 3 rings (SSSR count). The lowest BCUT2D eigenvalue weighted by Crippen LogP contribution is -2.12.